The average Bonchev–Trinajstić information content (AvgIpc) is 2.51. The van der Waals surface area contributed by atoms with Crippen molar-refractivity contribution >= 4 is 17.5 Å². The molecule has 0 aliphatic heterocycles. The van der Waals surface area contributed by atoms with Crippen LogP contribution in [0.2, 0.25) is 0 Å². The van der Waals surface area contributed by atoms with E-state index in [-0.39, 0.29) is 18.2 Å². The van der Waals surface area contributed by atoms with E-state index >= 15 is 0 Å². The summed E-state index contributed by atoms with van der Waals surface area (Å²) in [5, 5.41) is 16.1. The fourth-order valence-corrected chi connectivity index (χ4v) is 1.91. The molecule has 6 heteroatoms. The van der Waals surface area contributed by atoms with Gasteiger partial charge in [-0.1, -0.05) is 32.0 Å². The first kappa shape index (κ1) is 18.4. The van der Waals surface area contributed by atoms with Gasteiger partial charge >= 0.3 is 5.97 Å². The van der Waals surface area contributed by atoms with Crippen LogP contribution in [0.5, 0.6) is 5.75 Å². The maximum absolute atomic E-state index is 11.7. The van der Waals surface area contributed by atoms with E-state index in [2.05, 4.69) is 0 Å². The second kappa shape index (κ2) is 8.69. The van der Waals surface area contributed by atoms with Crippen LogP contribution >= 0.6 is 0 Å². The second-order valence-electron chi connectivity index (χ2n) is 5.35. The van der Waals surface area contributed by atoms with Gasteiger partial charge in [-0.2, -0.15) is 5.26 Å². The molecule has 1 N–H and O–H groups in total. The van der Waals surface area contributed by atoms with Gasteiger partial charge in [0.1, 0.15) is 11.7 Å². The summed E-state index contributed by atoms with van der Waals surface area (Å²) in [6, 6.07) is 9.08. The third-order valence-corrected chi connectivity index (χ3v) is 3.15. The molecule has 23 heavy (non-hydrogen) atoms. The SMILES string of the molecule is CC(=N)[C@@H](C#N)C(=O)COC(=O)COc1ccccc1C(C)C. The summed E-state index contributed by atoms with van der Waals surface area (Å²) >= 11 is 0. The minimum atomic E-state index is -1.18. The van der Waals surface area contributed by atoms with Crippen LogP contribution < -0.4 is 4.74 Å². The van der Waals surface area contributed by atoms with Crippen LogP contribution in [-0.4, -0.2) is 30.7 Å². The number of ether oxygens (including phenoxy) is 2. The van der Waals surface area contributed by atoms with Crippen molar-refractivity contribution in [1.82, 2.24) is 0 Å². The lowest BCUT2D eigenvalue weighted by Crippen LogP contribution is -2.27. The van der Waals surface area contributed by atoms with E-state index in [1.54, 1.807) is 18.2 Å². The molecule has 0 bridgehead atoms. The van der Waals surface area contributed by atoms with Crippen LogP contribution in [0.4, 0.5) is 0 Å². The van der Waals surface area contributed by atoms with Gasteiger partial charge in [0.05, 0.1) is 6.07 Å². The zero-order valence-corrected chi connectivity index (χ0v) is 13.5. The Hall–Kier alpha value is -2.68. The van der Waals surface area contributed by atoms with Gasteiger partial charge in [-0.25, -0.2) is 4.79 Å². The Bertz CT molecular complexity index is 632. The van der Waals surface area contributed by atoms with Crippen molar-refractivity contribution in [3.05, 3.63) is 29.8 Å². The third kappa shape index (κ3) is 5.55. The molecule has 122 valence electrons. The third-order valence-electron chi connectivity index (χ3n) is 3.15. The molecular weight excluding hydrogens is 296 g/mol. The molecule has 6 nitrogen and oxygen atoms in total. The van der Waals surface area contributed by atoms with E-state index in [9.17, 15) is 9.59 Å². The van der Waals surface area contributed by atoms with E-state index in [4.69, 9.17) is 20.1 Å². The molecule has 0 aliphatic rings. The number of nitriles is 1. The normalized spacial score (nSPS) is 11.4. The largest absolute Gasteiger partial charge is 0.482 e. The zero-order chi connectivity index (χ0) is 17.4. The number of hydrogen-bond donors (Lipinski definition) is 1. The number of benzene rings is 1. The first-order chi connectivity index (χ1) is 10.9. The average molecular weight is 316 g/mol. The monoisotopic (exact) mass is 316 g/mol. The molecule has 0 unspecified atom stereocenters. The number of carbonyl (C=O) groups is 2. The molecule has 0 saturated carbocycles. The second-order valence-corrected chi connectivity index (χ2v) is 5.35. The van der Waals surface area contributed by atoms with Crippen molar-refractivity contribution in [2.24, 2.45) is 5.92 Å². The number of para-hydroxylation sites is 1. The van der Waals surface area contributed by atoms with E-state index in [1.807, 2.05) is 26.0 Å². The van der Waals surface area contributed by atoms with E-state index in [1.165, 1.54) is 6.92 Å². The quantitative estimate of drug-likeness (QED) is 0.586. The van der Waals surface area contributed by atoms with Gasteiger partial charge in [0.15, 0.2) is 19.0 Å². The predicted octanol–water partition coefficient (Wildman–Crippen LogP) is 2.48. The molecule has 0 heterocycles. The number of nitrogens with one attached hydrogen (secondary N) is 1. The smallest absolute Gasteiger partial charge is 0.344 e. The van der Waals surface area contributed by atoms with Crippen LogP contribution in [-0.2, 0) is 14.3 Å². The topological polar surface area (TPSA) is 100 Å². The van der Waals surface area contributed by atoms with Crippen molar-refractivity contribution in [2.75, 3.05) is 13.2 Å². The highest BCUT2D eigenvalue weighted by Crippen LogP contribution is 2.25. The van der Waals surface area contributed by atoms with Gasteiger partial charge in [-0.3, -0.25) is 4.79 Å². The van der Waals surface area contributed by atoms with Crippen LogP contribution in [0.25, 0.3) is 0 Å². The van der Waals surface area contributed by atoms with Crippen LogP contribution in [0.3, 0.4) is 0 Å². The fraction of sp³-hybridized carbons (Fsp3) is 0.412. The highest BCUT2D eigenvalue weighted by atomic mass is 16.6. The predicted molar refractivity (Wildman–Crippen MR) is 84.5 cm³/mol. The molecule has 0 aliphatic carbocycles. The number of rotatable bonds is 8. The molecule has 0 saturated heterocycles. The Morgan fingerprint density at radius 1 is 1.26 bits per heavy atom. The number of Topliss-reactive ketones (excluding diaryl/α,β-unsaturated/α-hetero) is 1. The Labute approximate surface area is 135 Å². The van der Waals surface area contributed by atoms with Crippen molar-refractivity contribution in [3.63, 3.8) is 0 Å². The van der Waals surface area contributed by atoms with E-state index in [0.29, 0.717) is 5.75 Å². The Balaban J connectivity index is 2.52. The molecule has 0 spiro atoms. The van der Waals surface area contributed by atoms with Gasteiger partial charge < -0.3 is 14.9 Å². The molecule has 0 fully saturated rings. The number of ketones is 1. The number of carbonyl (C=O) groups excluding carboxylic acids is 2. The van der Waals surface area contributed by atoms with E-state index < -0.39 is 24.3 Å². The lowest BCUT2D eigenvalue weighted by Gasteiger charge is -2.13. The van der Waals surface area contributed by atoms with Crippen molar-refractivity contribution in [1.29, 1.82) is 10.7 Å². The molecule has 1 aromatic rings. The molecule has 0 aromatic heterocycles. The molecule has 0 radical (unpaired) electrons. The summed E-state index contributed by atoms with van der Waals surface area (Å²) < 4.78 is 10.2. The molecule has 1 aromatic carbocycles. The number of nitrogens with zero attached hydrogens (tertiary/aromatic N) is 1. The zero-order valence-electron chi connectivity index (χ0n) is 13.5. The highest BCUT2D eigenvalue weighted by Gasteiger charge is 2.21. The Morgan fingerprint density at radius 3 is 2.48 bits per heavy atom. The first-order valence-corrected chi connectivity index (χ1v) is 7.21. The fourth-order valence-electron chi connectivity index (χ4n) is 1.91. The summed E-state index contributed by atoms with van der Waals surface area (Å²) in [7, 11) is 0. The molecule has 1 atom stereocenters. The van der Waals surface area contributed by atoms with Gasteiger partial charge in [-0.05, 0) is 24.5 Å². The van der Waals surface area contributed by atoms with Gasteiger partial charge in [0, 0.05) is 5.71 Å². The number of hydrogen-bond acceptors (Lipinski definition) is 6. The summed E-state index contributed by atoms with van der Waals surface area (Å²) in [4.78, 5) is 23.3. The summed E-state index contributed by atoms with van der Waals surface area (Å²) in [5.41, 5.74) is 0.899. The minimum absolute atomic E-state index is 0.0735. The summed E-state index contributed by atoms with van der Waals surface area (Å²) in [6.07, 6.45) is 0. The van der Waals surface area contributed by atoms with Crippen molar-refractivity contribution in [3.8, 4) is 11.8 Å². The summed E-state index contributed by atoms with van der Waals surface area (Å²) in [5.74, 6) is -1.65. The Morgan fingerprint density at radius 2 is 1.91 bits per heavy atom. The maximum atomic E-state index is 11.7. The van der Waals surface area contributed by atoms with Gasteiger partial charge in [0.25, 0.3) is 0 Å². The number of esters is 1. The minimum Gasteiger partial charge on any atom is -0.482 e. The van der Waals surface area contributed by atoms with Gasteiger partial charge in [-0.15, -0.1) is 0 Å². The van der Waals surface area contributed by atoms with Gasteiger partial charge in [0.2, 0.25) is 0 Å². The Kier molecular flexibility index (Phi) is 6.94. The van der Waals surface area contributed by atoms with Crippen LogP contribution in [0.1, 0.15) is 32.3 Å². The molecular formula is C17H20N2O4. The van der Waals surface area contributed by atoms with E-state index in [0.717, 1.165) is 5.56 Å². The van der Waals surface area contributed by atoms with Crippen LogP contribution in [0, 0.1) is 22.7 Å². The lowest BCUT2D eigenvalue weighted by atomic mass is 10.0. The molecule has 1 rings (SSSR count). The van der Waals surface area contributed by atoms with Crippen LogP contribution in [0.15, 0.2) is 24.3 Å². The maximum Gasteiger partial charge on any atom is 0.344 e. The van der Waals surface area contributed by atoms with Crippen molar-refractivity contribution in [2.45, 2.75) is 26.7 Å². The highest BCUT2D eigenvalue weighted by molar-refractivity contribution is 6.06. The van der Waals surface area contributed by atoms with Crippen molar-refractivity contribution < 1.29 is 19.1 Å². The lowest BCUT2D eigenvalue weighted by molar-refractivity contribution is -0.150. The molecule has 0 amide bonds. The first-order valence-electron chi connectivity index (χ1n) is 7.21. The summed E-state index contributed by atoms with van der Waals surface area (Å²) in [6.45, 7) is 4.53. The standard InChI is InChI=1S/C17H20N2O4/c1-11(2)13-6-4-5-7-16(13)22-10-17(21)23-9-15(20)14(8-18)12(3)19/h4-7,11,14,19H,9-10H2,1-3H3/t14-/m1/s1.